The number of tetrazole rings is 1. The zero-order valence-corrected chi connectivity index (χ0v) is 17.9. The average Bonchev–Trinajstić information content (AvgIpc) is 3.30. The highest BCUT2D eigenvalue weighted by molar-refractivity contribution is 5.94. The summed E-state index contributed by atoms with van der Waals surface area (Å²) in [6.45, 7) is 4.96. The summed E-state index contributed by atoms with van der Waals surface area (Å²) in [5.74, 6) is -0.0667. The summed E-state index contributed by atoms with van der Waals surface area (Å²) < 4.78 is 1.74. The van der Waals surface area contributed by atoms with E-state index in [4.69, 9.17) is 0 Å². The zero-order valence-electron chi connectivity index (χ0n) is 17.9. The van der Waals surface area contributed by atoms with Crippen LogP contribution in [0.2, 0.25) is 0 Å². The highest BCUT2D eigenvalue weighted by atomic mass is 16.2. The SMILES string of the molecule is Cc1ccc(CN(Cc2cc3cc(C)ccc3n3nnnc23)C(=O)c2ccncc2)cc1. The van der Waals surface area contributed by atoms with Crippen molar-refractivity contribution in [1.82, 2.24) is 29.9 Å². The van der Waals surface area contributed by atoms with Gasteiger partial charge in [0.1, 0.15) is 0 Å². The molecule has 0 atom stereocenters. The molecule has 158 valence electrons. The molecule has 2 aromatic carbocycles. The Morgan fingerprint density at radius 3 is 2.44 bits per heavy atom. The summed E-state index contributed by atoms with van der Waals surface area (Å²) in [6.07, 6.45) is 3.27. The summed E-state index contributed by atoms with van der Waals surface area (Å²) in [5.41, 5.74) is 6.47. The first-order valence-corrected chi connectivity index (χ1v) is 10.4. The number of aromatic nitrogens is 5. The molecule has 1 amide bonds. The molecule has 0 N–H and O–H groups in total. The van der Waals surface area contributed by atoms with Crippen molar-refractivity contribution in [3.8, 4) is 0 Å². The maximum absolute atomic E-state index is 13.5. The fourth-order valence-electron chi connectivity index (χ4n) is 3.90. The number of nitrogens with zero attached hydrogens (tertiary/aromatic N) is 6. The first-order valence-electron chi connectivity index (χ1n) is 10.4. The number of fused-ring (bicyclic) bond motifs is 3. The molecule has 0 radical (unpaired) electrons. The van der Waals surface area contributed by atoms with Crippen molar-refractivity contribution in [2.75, 3.05) is 0 Å². The van der Waals surface area contributed by atoms with E-state index in [1.807, 2.05) is 17.0 Å². The Balaban J connectivity index is 1.58. The number of carbonyl (C=O) groups is 1. The molecule has 0 unspecified atom stereocenters. The fraction of sp³-hybridized carbons (Fsp3) is 0.160. The number of rotatable bonds is 5. The lowest BCUT2D eigenvalue weighted by atomic mass is 10.1. The summed E-state index contributed by atoms with van der Waals surface area (Å²) in [7, 11) is 0. The van der Waals surface area contributed by atoms with Crippen LogP contribution in [-0.2, 0) is 13.1 Å². The summed E-state index contributed by atoms with van der Waals surface area (Å²) >= 11 is 0. The molecule has 3 aromatic heterocycles. The van der Waals surface area contributed by atoms with Gasteiger partial charge in [0.15, 0.2) is 5.65 Å². The van der Waals surface area contributed by atoms with Gasteiger partial charge in [0.2, 0.25) is 0 Å². The molecule has 3 heterocycles. The molecular formula is C25H22N6O. The van der Waals surface area contributed by atoms with E-state index in [2.05, 4.69) is 70.8 Å². The van der Waals surface area contributed by atoms with Gasteiger partial charge in [-0.25, -0.2) is 0 Å². The maximum atomic E-state index is 13.5. The molecule has 5 rings (SSSR count). The smallest absolute Gasteiger partial charge is 0.254 e. The van der Waals surface area contributed by atoms with Gasteiger partial charge in [-0.05, 0) is 60.2 Å². The lowest BCUT2D eigenvalue weighted by Gasteiger charge is -2.23. The van der Waals surface area contributed by atoms with Gasteiger partial charge in [0.25, 0.3) is 5.91 Å². The predicted molar refractivity (Wildman–Crippen MR) is 122 cm³/mol. The number of benzene rings is 2. The quantitative estimate of drug-likeness (QED) is 0.426. The van der Waals surface area contributed by atoms with Crippen LogP contribution in [0.3, 0.4) is 0 Å². The van der Waals surface area contributed by atoms with Crippen LogP contribution in [0, 0.1) is 13.8 Å². The van der Waals surface area contributed by atoms with Gasteiger partial charge in [-0.15, -0.1) is 5.10 Å². The Morgan fingerprint density at radius 2 is 1.66 bits per heavy atom. The van der Waals surface area contributed by atoms with Crippen LogP contribution < -0.4 is 0 Å². The Hall–Kier alpha value is -4.13. The lowest BCUT2D eigenvalue weighted by molar-refractivity contribution is 0.0730. The second-order valence-electron chi connectivity index (χ2n) is 8.03. The van der Waals surface area contributed by atoms with Crippen LogP contribution in [0.4, 0.5) is 0 Å². The number of aryl methyl sites for hydroxylation is 2. The molecule has 0 saturated carbocycles. The lowest BCUT2D eigenvalue weighted by Crippen LogP contribution is -2.30. The molecule has 7 heteroatoms. The van der Waals surface area contributed by atoms with Crippen molar-refractivity contribution in [2.45, 2.75) is 26.9 Å². The van der Waals surface area contributed by atoms with Crippen LogP contribution in [0.25, 0.3) is 16.6 Å². The van der Waals surface area contributed by atoms with E-state index in [0.29, 0.717) is 24.3 Å². The molecule has 0 aliphatic rings. The largest absolute Gasteiger partial charge is 0.330 e. The van der Waals surface area contributed by atoms with Crippen molar-refractivity contribution in [3.05, 3.63) is 101 Å². The number of carbonyl (C=O) groups excluding carboxylic acids is 1. The molecule has 0 saturated heterocycles. The standard InChI is InChI=1S/C25H22N6O/c1-17-3-6-19(7-4-17)15-30(25(32)20-9-11-26-12-10-20)16-22-14-21-13-18(2)5-8-23(21)31-24(22)27-28-29-31/h3-14H,15-16H2,1-2H3. The van der Waals surface area contributed by atoms with Gasteiger partial charge in [0.05, 0.1) is 12.1 Å². The summed E-state index contributed by atoms with van der Waals surface area (Å²) in [4.78, 5) is 19.3. The molecule has 0 aliphatic heterocycles. The summed E-state index contributed by atoms with van der Waals surface area (Å²) in [6, 6.07) is 20.0. The molecule has 0 spiro atoms. The van der Waals surface area contributed by atoms with E-state index in [0.717, 1.165) is 27.6 Å². The third kappa shape index (κ3) is 3.80. The van der Waals surface area contributed by atoms with Gasteiger partial charge in [-0.2, -0.15) is 4.52 Å². The Labute approximate surface area is 185 Å². The van der Waals surface area contributed by atoms with Crippen LogP contribution in [0.1, 0.15) is 32.6 Å². The molecule has 0 bridgehead atoms. The van der Waals surface area contributed by atoms with Gasteiger partial charge in [0, 0.05) is 35.5 Å². The van der Waals surface area contributed by atoms with E-state index < -0.39 is 0 Å². The third-order valence-corrected chi connectivity index (χ3v) is 5.57. The average molecular weight is 422 g/mol. The normalized spacial score (nSPS) is 11.2. The van der Waals surface area contributed by atoms with Crippen LogP contribution >= 0.6 is 0 Å². The van der Waals surface area contributed by atoms with Crippen LogP contribution in [0.5, 0.6) is 0 Å². The second-order valence-corrected chi connectivity index (χ2v) is 8.03. The van der Waals surface area contributed by atoms with Gasteiger partial charge >= 0.3 is 0 Å². The van der Waals surface area contributed by atoms with Crippen LogP contribution in [-0.4, -0.2) is 35.8 Å². The van der Waals surface area contributed by atoms with E-state index in [9.17, 15) is 4.79 Å². The van der Waals surface area contributed by atoms with E-state index in [1.165, 1.54) is 5.56 Å². The Morgan fingerprint density at radius 1 is 0.906 bits per heavy atom. The highest BCUT2D eigenvalue weighted by Gasteiger charge is 2.20. The first-order chi connectivity index (χ1) is 15.6. The van der Waals surface area contributed by atoms with E-state index >= 15 is 0 Å². The van der Waals surface area contributed by atoms with Gasteiger partial charge in [-0.1, -0.05) is 41.5 Å². The monoisotopic (exact) mass is 422 g/mol. The maximum Gasteiger partial charge on any atom is 0.254 e. The molecule has 0 fully saturated rings. The van der Waals surface area contributed by atoms with Crippen molar-refractivity contribution >= 4 is 22.5 Å². The van der Waals surface area contributed by atoms with Crippen LogP contribution in [0.15, 0.2) is 73.1 Å². The Kier molecular flexibility index (Phi) is 5.07. The Bertz CT molecular complexity index is 1410. The van der Waals surface area contributed by atoms with Crippen molar-refractivity contribution in [1.29, 1.82) is 0 Å². The minimum Gasteiger partial charge on any atom is -0.330 e. The molecular weight excluding hydrogens is 400 g/mol. The minimum atomic E-state index is -0.0667. The number of pyridine rings is 2. The molecule has 32 heavy (non-hydrogen) atoms. The van der Waals surface area contributed by atoms with Gasteiger partial charge in [-0.3, -0.25) is 9.78 Å². The topological polar surface area (TPSA) is 76.3 Å². The van der Waals surface area contributed by atoms with E-state index in [-0.39, 0.29) is 5.91 Å². The minimum absolute atomic E-state index is 0.0667. The molecule has 5 aromatic rings. The van der Waals surface area contributed by atoms with Crippen molar-refractivity contribution in [2.24, 2.45) is 0 Å². The number of hydrogen-bond acceptors (Lipinski definition) is 5. The molecule has 0 aliphatic carbocycles. The van der Waals surface area contributed by atoms with E-state index in [1.54, 1.807) is 29.0 Å². The van der Waals surface area contributed by atoms with Crippen molar-refractivity contribution in [3.63, 3.8) is 0 Å². The summed E-state index contributed by atoms with van der Waals surface area (Å²) in [5, 5.41) is 13.4. The van der Waals surface area contributed by atoms with Gasteiger partial charge < -0.3 is 4.90 Å². The van der Waals surface area contributed by atoms with Crippen molar-refractivity contribution < 1.29 is 4.79 Å². The second kappa shape index (κ2) is 8.19. The predicted octanol–water partition coefficient (Wildman–Crippen LogP) is 4.13. The third-order valence-electron chi connectivity index (χ3n) is 5.57. The highest BCUT2D eigenvalue weighted by Crippen LogP contribution is 2.23. The molecule has 7 nitrogen and oxygen atoms in total. The number of amides is 1. The number of hydrogen-bond donors (Lipinski definition) is 0. The first kappa shape index (κ1) is 19.8. The zero-order chi connectivity index (χ0) is 22.1. The fourth-order valence-corrected chi connectivity index (χ4v) is 3.90.